The average molecular weight is 394 g/mol. The van der Waals surface area contributed by atoms with Crippen molar-refractivity contribution in [1.29, 1.82) is 0 Å². The SMILES string of the molecule is COc1cc(Nc2cc(C(=O)NCc3ccccc3)ncn2)cc(OC)c1OC. The molecule has 1 aromatic heterocycles. The molecule has 0 radical (unpaired) electrons. The van der Waals surface area contributed by atoms with E-state index in [-0.39, 0.29) is 11.6 Å². The Morgan fingerprint density at radius 2 is 1.62 bits per heavy atom. The van der Waals surface area contributed by atoms with Crippen molar-refractivity contribution in [1.82, 2.24) is 15.3 Å². The van der Waals surface area contributed by atoms with Gasteiger partial charge >= 0.3 is 0 Å². The number of methoxy groups -OCH3 is 3. The van der Waals surface area contributed by atoms with Crippen molar-refractivity contribution in [3.05, 3.63) is 66.1 Å². The van der Waals surface area contributed by atoms with E-state index in [0.717, 1.165) is 5.56 Å². The second-order valence-electron chi connectivity index (χ2n) is 6.00. The highest BCUT2D eigenvalue weighted by Crippen LogP contribution is 2.40. The van der Waals surface area contributed by atoms with Crippen LogP contribution in [0.4, 0.5) is 11.5 Å². The highest BCUT2D eigenvalue weighted by atomic mass is 16.5. The molecule has 0 spiro atoms. The zero-order valence-electron chi connectivity index (χ0n) is 16.4. The van der Waals surface area contributed by atoms with Gasteiger partial charge in [0, 0.05) is 30.4 Å². The maximum Gasteiger partial charge on any atom is 0.270 e. The zero-order valence-corrected chi connectivity index (χ0v) is 16.4. The molecule has 1 amide bonds. The van der Waals surface area contributed by atoms with Gasteiger partial charge in [-0.3, -0.25) is 4.79 Å². The summed E-state index contributed by atoms with van der Waals surface area (Å²) in [4.78, 5) is 20.7. The Morgan fingerprint density at radius 3 is 2.24 bits per heavy atom. The lowest BCUT2D eigenvalue weighted by molar-refractivity contribution is 0.0946. The summed E-state index contributed by atoms with van der Waals surface area (Å²) in [6.45, 7) is 0.416. The van der Waals surface area contributed by atoms with Crippen LogP contribution in [-0.4, -0.2) is 37.2 Å². The number of carbonyl (C=O) groups excluding carboxylic acids is 1. The number of hydrogen-bond acceptors (Lipinski definition) is 7. The summed E-state index contributed by atoms with van der Waals surface area (Å²) in [7, 11) is 4.63. The molecule has 0 aliphatic rings. The number of carbonyl (C=O) groups is 1. The molecule has 1 heterocycles. The topological polar surface area (TPSA) is 94.6 Å². The van der Waals surface area contributed by atoms with Gasteiger partial charge in [-0.2, -0.15) is 0 Å². The minimum absolute atomic E-state index is 0.255. The first-order valence-electron chi connectivity index (χ1n) is 8.85. The molecule has 0 aliphatic heterocycles. The van der Waals surface area contributed by atoms with Crippen molar-refractivity contribution in [2.24, 2.45) is 0 Å². The first-order chi connectivity index (χ1) is 14.1. The molecule has 0 unspecified atom stereocenters. The summed E-state index contributed by atoms with van der Waals surface area (Å²) >= 11 is 0. The third kappa shape index (κ3) is 4.92. The normalized spacial score (nSPS) is 10.2. The van der Waals surface area contributed by atoms with E-state index in [4.69, 9.17) is 14.2 Å². The first-order valence-corrected chi connectivity index (χ1v) is 8.85. The Bertz CT molecular complexity index is 954. The highest BCUT2D eigenvalue weighted by molar-refractivity contribution is 5.93. The predicted octanol–water partition coefficient (Wildman–Crippen LogP) is 3.18. The quantitative estimate of drug-likeness (QED) is 0.606. The Hall–Kier alpha value is -3.81. The third-order valence-corrected chi connectivity index (χ3v) is 4.13. The molecule has 0 bridgehead atoms. The molecule has 0 saturated heterocycles. The van der Waals surface area contributed by atoms with Crippen molar-refractivity contribution in [3.8, 4) is 17.2 Å². The van der Waals surface area contributed by atoms with Crippen molar-refractivity contribution in [2.45, 2.75) is 6.54 Å². The van der Waals surface area contributed by atoms with Crippen LogP contribution in [0, 0.1) is 0 Å². The van der Waals surface area contributed by atoms with Crippen LogP contribution >= 0.6 is 0 Å². The van der Waals surface area contributed by atoms with Crippen LogP contribution in [-0.2, 0) is 6.54 Å². The summed E-state index contributed by atoms with van der Waals surface area (Å²) in [6.07, 6.45) is 1.33. The summed E-state index contributed by atoms with van der Waals surface area (Å²) in [5.74, 6) is 1.67. The van der Waals surface area contributed by atoms with Crippen LogP contribution in [0.3, 0.4) is 0 Å². The van der Waals surface area contributed by atoms with Gasteiger partial charge in [0.15, 0.2) is 11.5 Å². The van der Waals surface area contributed by atoms with Crippen molar-refractivity contribution >= 4 is 17.4 Å². The lowest BCUT2D eigenvalue weighted by atomic mass is 10.2. The molecule has 150 valence electrons. The van der Waals surface area contributed by atoms with E-state index in [2.05, 4.69) is 20.6 Å². The molecule has 2 aromatic carbocycles. The molecule has 3 rings (SSSR count). The van der Waals surface area contributed by atoms with Gasteiger partial charge in [0.25, 0.3) is 5.91 Å². The van der Waals surface area contributed by atoms with Gasteiger partial charge in [-0.25, -0.2) is 9.97 Å². The Kier molecular flexibility index (Phi) is 6.47. The maximum atomic E-state index is 12.4. The first kappa shape index (κ1) is 19.9. The molecule has 0 atom stereocenters. The third-order valence-electron chi connectivity index (χ3n) is 4.13. The molecular formula is C21H22N4O4. The largest absolute Gasteiger partial charge is 0.493 e. The van der Waals surface area contributed by atoms with Crippen LogP contribution < -0.4 is 24.8 Å². The van der Waals surface area contributed by atoms with E-state index in [9.17, 15) is 4.79 Å². The van der Waals surface area contributed by atoms with Crippen LogP contribution in [0.15, 0.2) is 54.9 Å². The summed E-state index contributed by atoms with van der Waals surface area (Å²) in [5.41, 5.74) is 1.92. The van der Waals surface area contributed by atoms with Gasteiger partial charge < -0.3 is 24.8 Å². The Labute approximate surface area is 168 Å². The highest BCUT2D eigenvalue weighted by Gasteiger charge is 2.14. The van der Waals surface area contributed by atoms with Gasteiger partial charge in [0.1, 0.15) is 17.8 Å². The van der Waals surface area contributed by atoms with Gasteiger partial charge in [-0.15, -0.1) is 0 Å². The van der Waals surface area contributed by atoms with Crippen molar-refractivity contribution in [3.63, 3.8) is 0 Å². The van der Waals surface area contributed by atoms with E-state index >= 15 is 0 Å². The van der Waals surface area contributed by atoms with Gasteiger partial charge in [-0.05, 0) is 5.56 Å². The minimum atomic E-state index is -0.288. The van der Waals surface area contributed by atoms with Crippen LogP contribution in [0.2, 0.25) is 0 Å². The molecule has 8 nitrogen and oxygen atoms in total. The van der Waals surface area contributed by atoms with E-state index in [1.807, 2.05) is 30.3 Å². The maximum absolute atomic E-state index is 12.4. The number of benzene rings is 2. The standard InChI is InChI=1S/C21H22N4O4/c1-27-17-9-15(10-18(28-2)20(17)29-3)25-19-11-16(23-13-24-19)21(26)22-12-14-7-5-4-6-8-14/h4-11,13H,12H2,1-3H3,(H,22,26)(H,23,24,25). The zero-order chi connectivity index (χ0) is 20.6. The summed E-state index contributed by atoms with van der Waals surface area (Å²) < 4.78 is 16.0. The molecule has 0 saturated carbocycles. The van der Waals surface area contributed by atoms with Gasteiger partial charge in [-0.1, -0.05) is 30.3 Å². The van der Waals surface area contributed by atoms with Crippen molar-refractivity contribution in [2.75, 3.05) is 26.6 Å². The summed E-state index contributed by atoms with van der Waals surface area (Å²) in [5, 5.41) is 5.97. The van der Waals surface area contributed by atoms with E-state index in [1.54, 1.807) is 32.4 Å². The van der Waals surface area contributed by atoms with Crippen LogP contribution in [0.1, 0.15) is 16.1 Å². The fourth-order valence-electron chi connectivity index (χ4n) is 2.72. The molecule has 3 aromatic rings. The smallest absolute Gasteiger partial charge is 0.270 e. The monoisotopic (exact) mass is 394 g/mol. The van der Waals surface area contributed by atoms with Crippen LogP contribution in [0.5, 0.6) is 17.2 Å². The molecular weight excluding hydrogens is 372 g/mol. The Balaban J connectivity index is 1.75. The number of aromatic nitrogens is 2. The second kappa shape index (κ2) is 9.41. The van der Waals surface area contributed by atoms with E-state index in [0.29, 0.717) is 35.3 Å². The number of ether oxygens (including phenoxy) is 3. The average Bonchev–Trinajstić information content (AvgIpc) is 2.77. The molecule has 29 heavy (non-hydrogen) atoms. The number of hydrogen-bond donors (Lipinski definition) is 2. The minimum Gasteiger partial charge on any atom is -0.493 e. The molecule has 0 aliphatic carbocycles. The molecule has 0 fully saturated rings. The summed E-state index contributed by atoms with van der Waals surface area (Å²) in [6, 6.07) is 14.7. The predicted molar refractivity (Wildman–Crippen MR) is 109 cm³/mol. The Morgan fingerprint density at radius 1 is 0.931 bits per heavy atom. The number of rotatable bonds is 8. The second-order valence-corrected chi connectivity index (χ2v) is 6.00. The lowest BCUT2D eigenvalue weighted by Crippen LogP contribution is -2.24. The number of amides is 1. The van der Waals surface area contributed by atoms with Crippen LogP contribution in [0.25, 0.3) is 0 Å². The fraction of sp³-hybridized carbons (Fsp3) is 0.190. The van der Waals surface area contributed by atoms with E-state index < -0.39 is 0 Å². The fourth-order valence-corrected chi connectivity index (χ4v) is 2.72. The van der Waals surface area contributed by atoms with E-state index in [1.165, 1.54) is 13.4 Å². The number of anilines is 2. The van der Waals surface area contributed by atoms with Gasteiger partial charge in [0.05, 0.1) is 21.3 Å². The van der Waals surface area contributed by atoms with Gasteiger partial charge in [0.2, 0.25) is 5.75 Å². The van der Waals surface area contributed by atoms with Crippen molar-refractivity contribution < 1.29 is 19.0 Å². The molecule has 8 heteroatoms. The number of nitrogens with zero attached hydrogens (tertiary/aromatic N) is 2. The molecule has 2 N–H and O–H groups in total. The number of nitrogens with one attached hydrogen (secondary N) is 2. The lowest BCUT2D eigenvalue weighted by Gasteiger charge is -2.15.